The molecule has 1 amide bonds. The topological polar surface area (TPSA) is 49.3 Å². The zero-order chi connectivity index (χ0) is 16.9. The van der Waals surface area contributed by atoms with Crippen molar-refractivity contribution in [2.45, 2.75) is 19.9 Å². The van der Waals surface area contributed by atoms with Gasteiger partial charge in [-0.1, -0.05) is 12.1 Å². The quantitative estimate of drug-likeness (QED) is 0.867. The zero-order valence-corrected chi connectivity index (χ0v) is 13.8. The first-order valence-electron chi connectivity index (χ1n) is 8.16. The molecule has 5 nitrogen and oxygen atoms in total. The molecule has 126 valence electrons. The number of hydrogen-bond acceptors (Lipinski definition) is 4. The number of aromatic nitrogens is 2. The van der Waals surface area contributed by atoms with Crippen LogP contribution in [0.4, 0.5) is 4.39 Å². The minimum Gasteiger partial charge on any atom is -0.336 e. The van der Waals surface area contributed by atoms with Gasteiger partial charge < -0.3 is 4.90 Å². The smallest absolute Gasteiger partial charge is 0.274 e. The lowest BCUT2D eigenvalue weighted by atomic mass is 10.2. The van der Waals surface area contributed by atoms with Gasteiger partial charge in [-0.25, -0.2) is 9.37 Å². The number of nitrogens with zero attached hydrogens (tertiary/aromatic N) is 4. The fraction of sp³-hybridized carbons (Fsp3) is 0.389. The van der Waals surface area contributed by atoms with Gasteiger partial charge in [0.15, 0.2) is 0 Å². The molecule has 24 heavy (non-hydrogen) atoms. The number of rotatable bonds is 3. The maximum Gasteiger partial charge on any atom is 0.274 e. The van der Waals surface area contributed by atoms with Crippen LogP contribution in [0, 0.1) is 12.7 Å². The van der Waals surface area contributed by atoms with Gasteiger partial charge >= 0.3 is 0 Å². The standard InChI is InChI=1S/C18H21FN4O/c1-14-11-21-17(12-20-14)18(24)23-8-2-7-22(9-10-23)13-15-3-5-16(19)6-4-15/h3-6,11-12H,2,7-10,13H2,1H3. The molecular weight excluding hydrogens is 307 g/mol. The Balaban J connectivity index is 1.59. The van der Waals surface area contributed by atoms with E-state index >= 15 is 0 Å². The first kappa shape index (κ1) is 16.5. The van der Waals surface area contributed by atoms with Gasteiger partial charge in [-0.2, -0.15) is 0 Å². The second-order valence-electron chi connectivity index (χ2n) is 6.09. The van der Waals surface area contributed by atoms with E-state index in [1.165, 1.54) is 12.1 Å². The van der Waals surface area contributed by atoms with E-state index in [4.69, 9.17) is 0 Å². The molecule has 3 rings (SSSR count). The first-order valence-corrected chi connectivity index (χ1v) is 8.16. The molecule has 1 aromatic carbocycles. The van der Waals surface area contributed by atoms with Crippen LogP contribution in [0.2, 0.25) is 0 Å². The van der Waals surface area contributed by atoms with Crippen LogP contribution in [0.5, 0.6) is 0 Å². The molecule has 0 N–H and O–H groups in total. The average Bonchev–Trinajstić information content (AvgIpc) is 2.83. The fourth-order valence-corrected chi connectivity index (χ4v) is 2.85. The third-order valence-corrected chi connectivity index (χ3v) is 4.20. The lowest BCUT2D eigenvalue weighted by molar-refractivity contribution is 0.0754. The van der Waals surface area contributed by atoms with Gasteiger partial charge in [0.2, 0.25) is 0 Å². The van der Waals surface area contributed by atoms with Crippen LogP contribution >= 0.6 is 0 Å². The first-order chi connectivity index (χ1) is 11.6. The molecule has 0 bridgehead atoms. The second kappa shape index (κ2) is 7.49. The fourth-order valence-electron chi connectivity index (χ4n) is 2.85. The summed E-state index contributed by atoms with van der Waals surface area (Å²) in [5, 5.41) is 0. The van der Waals surface area contributed by atoms with Crippen molar-refractivity contribution in [2.24, 2.45) is 0 Å². The Kier molecular flexibility index (Phi) is 5.15. The minimum absolute atomic E-state index is 0.0638. The SMILES string of the molecule is Cc1cnc(C(=O)N2CCCN(Cc3ccc(F)cc3)CC2)cn1. The van der Waals surface area contributed by atoms with E-state index in [0.717, 1.165) is 37.3 Å². The molecule has 2 aromatic rings. The number of aryl methyl sites for hydroxylation is 1. The summed E-state index contributed by atoms with van der Waals surface area (Å²) in [7, 11) is 0. The zero-order valence-electron chi connectivity index (χ0n) is 13.8. The molecule has 1 aromatic heterocycles. The molecule has 6 heteroatoms. The lowest BCUT2D eigenvalue weighted by Crippen LogP contribution is -2.35. The van der Waals surface area contributed by atoms with Gasteiger partial charge in [0.1, 0.15) is 11.5 Å². The Labute approximate surface area is 141 Å². The van der Waals surface area contributed by atoms with Crippen molar-refractivity contribution in [3.8, 4) is 0 Å². The van der Waals surface area contributed by atoms with E-state index < -0.39 is 0 Å². The van der Waals surface area contributed by atoms with Crippen molar-refractivity contribution in [1.82, 2.24) is 19.8 Å². The number of amides is 1. The van der Waals surface area contributed by atoms with Crippen LogP contribution in [0.15, 0.2) is 36.7 Å². The largest absolute Gasteiger partial charge is 0.336 e. The summed E-state index contributed by atoms with van der Waals surface area (Å²) in [6.07, 6.45) is 4.07. The van der Waals surface area contributed by atoms with Gasteiger partial charge in [0.05, 0.1) is 11.9 Å². The number of carbonyl (C=O) groups is 1. The second-order valence-corrected chi connectivity index (χ2v) is 6.09. The van der Waals surface area contributed by atoms with E-state index in [1.807, 2.05) is 24.0 Å². The van der Waals surface area contributed by atoms with Crippen LogP contribution in [-0.4, -0.2) is 51.9 Å². The summed E-state index contributed by atoms with van der Waals surface area (Å²) in [6, 6.07) is 6.59. The molecule has 1 saturated heterocycles. The summed E-state index contributed by atoms with van der Waals surface area (Å²) in [4.78, 5) is 25.0. The van der Waals surface area contributed by atoms with Crippen LogP contribution in [-0.2, 0) is 6.54 Å². The van der Waals surface area contributed by atoms with Gasteiger partial charge in [0, 0.05) is 38.9 Å². The number of hydrogen-bond donors (Lipinski definition) is 0. The number of benzene rings is 1. The molecule has 1 aliphatic rings. The Hall–Kier alpha value is -2.34. The number of halogens is 1. The highest BCUT2D eigenvalue weighted by atomic mass is 19.1. The third-order valence-electron chi connectivity index (χ3n) is 4.20. The highest BCUT2D eigenvalue weighted by Gasteiger charge is 2.21. The Morgan fingerprint density at radius 1 is 1.08 bits per heavy atom. The molecule has 0 atom stereocenters. The van der Waals surface area contributed by atoms with Gasteiger partial charge in [-0.15, -0.1) is 0 Å². The molecule has 1 fully saturated rings. The van der Waals surface area contributed by atoms with Crippen LogP contribution in [0.3, 0.4) is 0 Å². The lowest BCUT2D eigenvalue weighted by Gasteiger charge is -2.21. The van der Waals surface area contributed by atoms with E-state index in [0.29, 0.717) is 18.8 Å². The summed E-state index contributed by atoms with van der Waals surface area (Å²) in [5.74, 6) is -0.281. The minimum atomic E-state index is -0.217. The summed E-state index contributed by atoms with van der Waals surface area (Å²) in [6.45, 7) is 5.71. The molecular formula is C18H21FN4O. The normalized spacial score (nSPS) is 16.0. The molecule has 1 aliphatic heterocycles. The van der Waals surface area contributed by atoms with Crippen molar-refractivity contribution in [1.29, 1.82) is 0 Å². The van der Waals surface area contributed by atoms with Gasteiger partial charge in [0.25, 0.3) is 5.91 Å². The monoisotopic (exact) mass is 328 g/mol. The van der Waals surface area contributed by atoms with Gasteiger partial charge in [-0.3, -0.25) is 14.7 Å². The molecule has 0 aliphatic carbocycles. The summed E-state index contributed by atoms with van der Waals surface area (Å²) in [5.41, 5.74) is 2.28. The molecule has 2 heterocycles. The molecule has 0 radical (unpaired) electrons. The van der Waals surface area contributed by atoms with E-state index in [1.54, 1.807) is 12.4 Å². The Morgan fingerprint density at radius 2 is 1.88 bits per heavy atom. The molecule has 0 unspecified atom stereocenters. The van der Waals surface area contributed by atoms with Crippen LogP contribution in [0.1, 0.15) is 28.2 Å². The van der Waals surface area contributed by atoms with Crippen LogP contribution in [0.25, 0.3) is 0 Å². The predicted octanol–water partition coefficient (Wildman–Crippen LogP) is 2.27. The molecule has 0 spiro atoms. The van der Waals surface area contributed by atoms with E-state index in [-0.39, 0.29) is 11.7 Å². The highest BCUT2D eigenvalue weighted by molar-refractivity contribution is 5.92. The average molecular weight is 328 g/mol. The van der Waals surface area contributed by atoms with Crippen molar-refractivity contribution in [3.63, 3.8) is 0 Å². The maximum atomic E-state index is 13.0. The van der Waals surface area contributed by atoms with Crippen molar-refractivity contribution < 1.29 is 9.18 Å². The van der Waals surface area contributed by atoms with E-state index in [9.17, 15) is 9.18 Å². The van der Waals surface area contributed by atoms with Gasteiger partial charge in [-0.05, 0) is 31.0 Å². The Morgan fingerprint density at radius 3 is 2.58 bits per heavy atom. The van der Waals surface area contributed by atoms with Crippen molar-refractivity contribution in [2.75, 3.05) is 26.2 Å². The van der Waals surface area contributed by atoms with Crippen molar-refractivity contribution in [3.05, 3.63) is 59.4 Å². The number of carbonyl (C=O) groups excluding carboxylic acids is 1. The Bertz CT molecular complexity index is 687. The molecule has 0 saturated carbocycles. The van der Waals surface area contributed by atoms with E-state index in [2.05, 4.69) is 14.9 Å². The summed E-state index contributed by atoms with van der Waals surface area (Å²) < 4.78 is 13.0. The third kappa shape index (κ3) is 4.14. The predicted molar refractivity (Wildman–Crippen MR) is 89.0 cm³/mol. The maximum absolute atomic E-state index is 13.0. The van der Waals surface area contributed by atoms with Crippen molar-refractivity contribution >= 4 is 5.91 Å². The van der Waals surface area contributed by atoms with Crippen LogP contribution < -0.4 is 0 Å². The highest BCUT2D eigenvalue weighted by Crippen LogP contribution is 2.11. The summed E-state index contributed by atoms with van der Waals surface area (Å²) >= 11 is 0.